The van der Waals surface area contributed by atoms with Gasteiger partial charge in [0.1, 0.15) is 5.75 Å². The Morgan fingerprint density at radius 3 is 2.20 bits per heavy atom. The molecular formula is C23H14OS. The lowest BCUT2D eigenvalue weighted by Gasteiger charge is -2.12. The van der Waals surface area contributed by atoms with Crippen molar-refractivity contribution in [2.75, 3.05) is 7.11 Å². The van der Waals surface area contributed by atoms with Crippen molar-refractivity contribution in [3.8, 4) is 5.75 Å². The predicted octanol–water partition coefficient (Wildman–Crippen LogP) is 6.96. The van der Waals surface area contributed by atoms with Crippen LogP contribution in [-0.2, 0) is 0 Å². The molecule has 25 heavy (non-hydrogen) atoms. The molecule has 0 aliphatic rings. The Hall–Kier alpha value is -2.84. The van der Waals surface area contributed by atoms with Gasteiger partial charge in [0.15, 0.2) is 0 Å². The van der Waals surface area contributed by atoms with Gasteiger partial charge in [-0.15, -0.1) is 11.3 Å². The molecule has 0 radical (unpaired) electrons. The van der Waals surface area contributed by atoms with E-state index in [1.165, 1.54) is 52.5 Å². The fraction of sp³-hybridized carbons (Fsp3) is 0.0435. The highest BCUT2D eigenvalue weighted by Gasteiger charge is 2.18. The summed E-state index contributed by atoms with van der Waals surface area (Å²) >= 11 is 1.86. The van der Waals surface area contributed by atoms with Crippen LogP contribution in [0.25, 0.3) is 52.5 Å². The minimum absolute atomic E-state index is 0.928. The molecule has 0 N–H and O–H groups in total. The second-order valence-electron chi connectivity index (χ2n) is 6.54. The SMILES string of the molecule is COc1cc2sc3cc4ccccc4c4c5ccccc5c(c1)c2c34. The van der Waals surface area contributed by atoms with Crippen LogP contribution < -0.4 is 4.74 Å². The van der Waals surface area contributed by atoms with E-state index >= 15 is 0 Å². The molecule has 0 saturated heterocycles. The Morgan fingerprint density at radius 2 is 1.36 bits per heavy atom. The van der Waals surface area contributed by atoms with Gasteiger partial charge in [0.25, 0.3) is 0 Å². The van der Waals surface area contributed by atoms with Gasteiger partial charge in [0.2, 0.25) is 0 Å². The average molecular weight is 338 g/mol. The zero-order valence-electron chi connectivity index (χ0n) is 13.7. The predicted molar refractivity (Wildman–Crippen MR) is 110 cm³/mol. The van der Waals surface area contributed by atoms with E-state index in [4.69, 9.17) is 4.74 Å². The smallest absolute Gasteiger partial charge is 0.120 e. The monoisotopic (exact) mass is 338 g/mol. The number of ether oxygens (including phenoxy) is 1. The molecule has 6 aromatic rings. The topological polar surface area (TPSA) is 9.23 Å². The maximum atomic E-state index is 5.58. The highest BCUT2D eigenvalue weighted by atomic mass is 32.1. The molecule has 0 aliphatic heterocycles. The Bertz CT molecular complexity index is 1420. The molecule has 2 heteroatoms. The van der Waals surface area contributed by atoms with Crippen LogP contribution in [-0.4, -0.2) is 7.11 Å². The van der Waals surface area contributed by atoms with Crippen LogP contribution >= 0.6 is 11.3 Å². The molecule has 0 spiro atoms. The normalized spacial score (nSPS) is 12.2. The molecular weight excluding hydrogens is 324 g/mol. The van der Waals surface area contributed by atoms with E-state index in [0.29, 0.717) is 0 Å². The molecule has 0 amide bonds. The minimum atomic E-state index is 0.928. The quantitative estimate of drug-likeness (QED) is 0.294. The van der Waals surface area contributed by atoms with Crippen LogP contribution in [0.4, 0.5) is 0 Å². The molecule has 0 bridgehead atoms. The van der Waals surface area contributed by atoms with Gasteiger partial charge in [-0.1, -0.05) is 48.5 Å². The summed E-state index contributed by atoms with van der Waals surface area (Å²) in [4.78, 5) is 0. The third-order valence-corrected chi connectivity index (χ3v) is 6.36. The molecule has 1 aromatic heterocycles. The zero-order chi connectivity index (χ0) is 16.5. The van der Waals surface area contributed by atoms with Gasteiger partial charge in [-0.25, -0.2) is 0 Å². The van der Waals surface area contributed by atoms with Crippen LogP contribution in [0.1, 0.15) is 0 Å². The summed E-state index contributed by atoms with van der Waals surface area (Å²) in [6.45, 7) is 0. The molecule has 5 aromatic carbocycles. The molecule has 0 unspecified atom stereocenters. The summed E-state index contributed by atoms with van der Waals surface area (Å²) in [5.41, 5.74) is 0. The molecule has 0 aliphatic carbocycles. The van der Waals surface area contributed by atoms with Crippen LogP contribution in [0.2, 0.25) is 0 Å². The van der Waals surface area contributed by atoms with Crippen molar-refractivity contribution in [1.82, 2.24) is 0 Å². The largest absolute Gasteiger partial charge is 0.497 e. The van der Waals surface area contributed by atoms with E-state index < -0.39 is 0 Å². The summed E-state index contributed by atoms with van der Waals surface area (Å²) in [5.74, 6) is 0.928. The van der Waals surface area contributed by atoms with Gasteiger partial charge in [0, 0.05) is 20.2 Å². The molecule has 6 rings (SSSR count). The van der Waals surface area contributed by atoms with Crippen molar-refractivity contribution < 1.29 is 4.74 Å². The third-order valence-electron chi connectivity index (χ3n) is 5.28. The maximum absolute atomic E-state index is 5.58. The van der Waals surface area contributed by atoms with Gasteiger partial charge in [-0.05, 0) is 50.5 Å². The Morgan fingerprint density at radius 1 is 0.640 bits per heavy atom. The van der Waals surface area contributed by atoms with E-state index in [2.05, 4.69) is 66.7 Å². The van der Waals surface area contributed by atoms with E-state index in [1.54, 1.807) is 7.11 Å². The fourth-order valence-electron chi connectivity index (χ4n) is 4.24. The summed E-state index contributed by atoms with van der Waals surface area (Å²) in [6, 6.07) is 24.2. The molecule has 0 atom stereocenters. The first-order valence-electron chi connectivity index (χ1n) is 8.41. The van der Waals surface area contributed by atoms with E-state index in [1.807, 2.05) is 11.3 Å². The van der Waals surface area contributed by atoms with Crippen molar-refractivity contribution in [3.05, 3.63) is 66.7 Å². The number of hydrogen-bond acceptors (Lipinski definition) is 2. The minimum Gasteiger partial charge on any atom is -0.497 e. The molecule has 1 nitrogen and oxygen atoms in total. The summed E-state index contributed by atoms with van der Waals surface area (Å²) in [5, 5.41) is 10.7. The fourth-order valence-corrected chi connectivity index (χ4v) is 5.46. The van der Waals surface area contributed by atoms with Crippen LogP contribution in [0.15, 0.2) is 66.7 Å². The maximum Gasteiger partial charge on any atom is 0.120 e. The zero-order valence-corrected chi connectivity index (χ0v) is 14.5. The molecule has 118 valence electrons. The highest BCUT2D eigenvalue weighted by molar-refractivity contribution is 7.26. The van der Waals surface area contributed by atoms with Gasteiger partial charge in [-0.3, -0.25) is 0 Å². The second-order valence-corrected chi connectivity index (χ2v) is 7.63. The molecule has 1 heterocycles. The number of benzene rings is 5. The standard InChI is InChI=1S/C23H14OS/c1-24-14-11-18-16-8-4-5-9-17(16)21-15-7-3-2-6-13(15)10-19-23(21)22(18)20(12-14)25-19/h2-12H,1H3. The number of methoxy groups -OCH3 is 1. The van der Waals surface area contributed by atoms with Crippen molar-refractivity contribution in [3.63, 3.8) is 0 Å². The lowest BCUT2D eigenvalue weighted by atomic mass is 9.91. The Kier molecular flexibility index (Phi) is 2.48. The number of hydrogen-bond donors (Lipinski definition) is 0. The number of fused-ring (bicyclic) bond motifs is 5. The molecule has 0 saturated carbocycles. The van der Waals surface area contributed by atoms with Gasteiger partial charge >= 0.3 is 0 Å². The highest BCUT2D eigenvalue weighted by Crippen LogP contribution is 2.48. The van der Waals surface area contributed by atoms with Crippen molar-refractivity contribution in [1.29, 1.82) is 0 Å². The van der Waals surface area contributed by atoms with Gasteiger partial charge in [0.05, 0.1) is 7.11 Å². The Balaban J connectivity index is 2.08. The number of thiophene rings is 1. The number of rotatable bonds is 1. The summed E-state index contributed by atoms with van der Waals surface area (Å²) in [6.07, 6.45) is 0. The summed E-state index contributed by atoms with van der Waals surface area (Å²) < 4.78 is 8.24. The first-order chi connectivity index (χ1) is 12.3. The third kappa shape index (κ3) is 1.62. The lowest BCUT2D eigenvalue weighted by molar-refractivity contribution is 0.416. The van der Waals surface area contributed by atoms with Crippen LogP contribution in [0.3, 0.4) is 0 Å². The van der Waals surface area contributed by atoms with E-state index in [9.17, 15) is 0 Å². The van der Waals surface area contributed by atoms with Gasteiger partial charge < -0.3 is 4.74 Å². The summed E-state index contributed by atoms with van der Waals surface area (Å²) in [7, 11) is 1.75. The van der Waals surface area contributed by atoms with Gasteiger partial charge in [-0.2, -0.15) is 0 Å². The first-order valence-corrected chi connectivity index (χ1v) is 9.22. The first kappa shape index (κ1) is 13.5. The lowest BCUT2D eigenvalue weighted by Crippen LogP contribution is -1.86. The van der Waals surface area contributed by atoms with Crippen LogP contribution in [0, 0.1) is 0 Å². The Labute approximate surface area is 148 Å². The average Bonchev–Trinajstić information content (AvgIpc) is 3.03. The van der Waals surface area contributed by atoms with E-state index in [0.717, 1.165) is 5.75 Å². The van der Waals surface area contributed by atoms with Crippen molar-refractivity contribution in [2.45, 2.75) is 0 Å². The second kappa shape index (κ2) is 4.62. The van der Waals surface area contributed by atoms with Crippen molar-refractivity contribution in [2.24, 2.45) is 0 Å². The van der Waals surface area contributed by atoms with Crippen LogP contribution in [0.5, 0.6) is 5.75 Å². The van der Waals surface area contributed by atoms with E-state index in [-0.39, 0.29) is 0 Å². The van der Waals surface area contributed by atoms with Crippen molar-refractivity contribution >= 4 is 63.8 Å². The molecule has 0 fully saturated rings.